The van der Waals surface area contributed by atoms with Gasteiger partial charge in [-0.05, 0) is 64.6 Å². The van der Waals surface area contributed by atoms with Gasteiger partial charge in [0.25, 0.3) is 0 Å². The van der Waals surface area contributed by atoms with E-state index in [0.29, 0.717) is 5.41 Å². The zero-order valence-electron chi connectivity index (χ0n) is 14.2. The van der Waals surface area contributed by atoms with E-state index in [2.05, 4.69) is 29.2 Å². The third-order valence-electron chi connectivity index (χ3n) is 6.07. The van der Waals surface area contributed by atoms with Crippen LogP contribution in [0.5, 0.6) is 0 Å². The van der Waals surface area contributed by atoms with Gasteiger partial charge in [-0.3, -0.25) is 0 Å². The van der Waals surface area contributed by atoms with Crippen LogP contribution in [0.2, 0.25) is 0 Å². The van der Waals surface area contributed by atoms with Crippen molar-refractivity contribution in [3.8, 4) is 0 Å². The van der Waals surface area contributed by atoms with Crippen molar-refractivity contribution >= 4 is 0 Å². The van der Waals surface area contributed by atoms with E-state index in [0.717, 1.165) is 12.1 Å². The van der Waals surface area contributed by atoms with Crippen molar-refractivity contribution in [2.24, 2.45) is 5.41 Å². The lowest BCUT2D eigenvalue weighted by molar-refractivity contribution is 0.0634. The summed E-state index contributed by atoms with van der Waals surface area (Å²) in [5.41, 5.74) is 0.561. The molecule has 2 saturated carbocycles. The number of hydrogen-bond donors (Lipinski definition) is 1. The van der Waals surface area contributed by atoms with Crippen molar-refractivity contribution < 1.29 is 0 Å². The lowest BCUT2D eigenvalue weighted by Crippen LogP contribution is -2.51. The molecule has 0 spiro atoms. The molecule has 1 saturated heterocycles. The Bertz CT molecular complexity index is 320. The van der Waals surface area contributed by atoms with Gasteiger partial charge in [0.15, 0.2) is 0 Å². The average Bonchev–Trinajstić information content (AvgIpc) is 3.30. The van der Waals surface area contributed by atoms with Gasteiger partial charge in [-0.1, -0.05) is 19.3 Å². The third-order valence-corrected chi connectivity index (χ3v) is 6.07. The van der Waals surface area contributed by atoms with Crippen LogP contribution in [0.25, 0.3) is 0 Å². The van der Waals surface area contributed by atoms with E-state index in [1.807, 2.05) is 0 Å². The summed E-state index contributed by atoms with van der Waals surface area (Å²) < 4.78 is 0. The van der Waals surface area contributed by atoms with E-state index in [-0.39, 0.29) is 0 Å². The zero-order chi connectivity index (χ0) is 14.7. The van der Waals surface area contributed by atoms with E-state index in [1.54, 1.807) is 0 Å². The third kappa shape index (κ3) is 4.43. The Balaban J connectivity index is 1.56. The molecule has 0 radical (unpaired) electrons. The first-order chi connectivity index (χ1) is 10.2. The van der Waals surface area contributed by atoms with E-state index in [9.17, 15) is 0 Å². The van der Waals surface area contributed by atoms with Gasteiger partial charge in [0.1, 0.15) is 0 Å². The first-order valence-corrected chi connectivity index (χ1v) is 9.29. The quantitative estimate of drug-likeness (QED) is 0.812. The highest BCUT2D eigenvalue weighted by molar-refractivity contribution is 4.92. The summed E-state index contributed by atoms with van der Waals surface area (Å²) in [4.78, 5) is 5.22. The van der Waals surface area contributed by atoms with E-state index >= 15 is 0 Å². The number of likely N-dealkylation sites (tertiary alicyclic amines) is 1. The minimum atomic E-state index is 0.561. The van der Waals surface area contributed by atoms with Gasteiger partial charge in [0, 0.05) is 31.7 Å². The Morgan fingerprint density at radius 3 is 2.52 bits per heavy atom. The van der Waals surface area contributed by atoms with Crippen LogP contribution in [0.1, 0.15) is 57.8 Å². The Kier molecular flexibility index (Phi) is 5.23. The van der Waals surface area contributed by atoms with Crippen LogP contribution in [0, 0.1) is 5.41 Å². The molecule has 0 aromatic rings. The molecule has 2 aliphatic carbocycles. The van der Waals surface area contributed by atoms with Crippen molar-refractivity contribution in [3.05, 3.63) is 0 Å². The highest BCUT2D eigenvalue weighted by Crippen LogP contribution is 2.38. The van der Waals surface area contributed by atoms with E-state index < -0.39 is 0 Å². The predicted octanol–water partition coefficient (Wildman–Crippen LogP) is 2.71. The monoisotopic (exact) mass is 293 g/mol. The van der Waals surface area contributed by atoms with Crippen LogP contribution < -0.4 is 5.32 Å². The van der Waals surface area contributed by atoms with Crippen LogP contribution >= 0.6 is 0 Å². The maximum atomic E-state index is 3.85. The largest absolute Gasteiger partial charge is 0.313 e. The molecule has 3 aliphatic rings. The fourth-order valence-electron chi connectivity index (χ4n) is 4.50. The number of likely N-dealkylation sites (N-methyl/N-ethyl adjacent to an activating group) is 2. The van der Waals surface area contributed by atoms with Crippen LogP contribution in [0.4, 0.5) is 0 Å². The molecule has 3 nitrogen and oxygen atoms in total. The summed E-state index contributed by atoms with van der Waals surface area (Å²) in [6.45, 7) is 5.14. The number of hydrogen-bond acceptors (Lipinski definition) is 3. The minimum absolute atomic E-state index is 0.561. The average molecular weight is 293 g/mol. The molecule has 1 N–H and O–H groups in total. The van der Waals surface area contributed by atoms with Crippen LogP contribution in [0.15, 0.2) is 0 Å². The lowest BCUT2D eigenvalue weighted by atomic mass is 9.73. The summed E-state index contributed by atoms with van der Waals surface area (Å²) in [6, 6.07) is 1.64. The standard InChI is InChI=1S/C18H35N3/c1-20-12-6-7-17(13-20)21(2)15-18(10-4-3-5-11-18)14-19-16-8-9-16/h16-17,19H,3-15H2,1-2H3. The Labute approximate surface area is 131 Å². The second kappa shape index (κ2) is 6.97. The first-order valence-electron chi connectivity index (χ1n) is 9.29. The van der Waals surface area contributed by atoms with Gasteiger partial charge in [0.2, 0.25) is 0 Å². The Morgan fingerprint density at radius 1 is 1.10 bits per heavy atom. The van der Waals surface area contributed by atoms with Crippen molar-refractivity contribution in [1.82, 2.24) is 15.1 Å². The molecule has 3 rings (SSSR count). The molecule has 0 aromatic heterocycles. The van der Waals surface area contributed by atoms with Crippen LogP contribution in [-0.4, -0.2) is 62.2 Å². The maximum absolute atomic E-state index is 3.85. The van der Waals surface area contributed by atoms with Gasteiger partial charge in [-0.25, -0.2) is 0 Å². The predicted molar refractivity (Wildman–Crippen MR) is 89.7 cm³/mol. The maximum Gasteiger partial charge on any atom is 0.0220 e. The summed E-state index contributed by atoms with van der Waals surface area (Å²) in [7, 11) is 4.67. The highest BCUT2D eigenvalue weighted by Gasteiger charge is 2.36. The molecule has 3 heteroatoms. The molecule has 0 amide bonds. The molecule has 1 unspecified atom stereocenters. The van der Waals surface area contributed by atoms with Crippen LogP contribution in [0.3, 0.4) is 0 Å². The van der Waals surface area contributed by atoms with Crippen molar-refractivity contribution in [2.75, 3.05) is 40.3 Å². The Morgan fingerprint density at radius 2 is 1.86 bits per heavy atom. The van der Waals surface area contributed by atoms with Gasteiger partial charge in [0.05, 0.1) is 0 Å². The van der Waals surface area contributed by atoms with E-state index in [4.69, 9.17) is 0 Å². The fourth-order valence-corrected chi connectivity index (χ4v) is 4.50. The molecular weight excluding hydrogens is 258 g/mol. The number of nitrogens with one attached hydrogen (secondary N) is 1. The molecule has 1 atom stereocenters. The molecule has 0 aromatic carbocycles. The first kappa shape index (κ1) is 15.8. The molecular formula is C18H35N3. The van der Waals surface area contributed by atoms with Gasteiger partial charge < -0.3 is 15.1 Å². The van der Waals surface area contributed by atoms with E-state index in [1.165, 1.54) is 84.0 Å². The summed E-state index contributed by atoms with van der Waals surface area (Å²) in [6.07, 6.45) is 12.8. The fraction of sp³-hybridized carbons (Fsp3) is 1.00. The topological polar surface area (TPSA) is 18.5 Å². The number of nitrogens with zero attached hydrogens (tertiary/aromatic N) is 2. The number of rotatable bonds is 6. The lowest BCUT2D eigenvalue weighted by Gasteiger charge is -2.44. The highest BCUT2D eigenvalue weighted by atomic mass is 15.2. The van der Waals surface area contributed by atoms with Crippen molar-refractivity contribution in [3.63, 3.8) is 0 Å². The smallest absolute Gasteiger partial charge is 0.0220 e. The zero-order valence-corrected chi connectivity index (χ0v) is 14.2. The second-order valence-corrected chi connectivity index (χ2v) is 8.19. The summed E-state index contributed by atoms with van der Waals surface area (Å²) in [5, 5.41) is 3.85. The molecule has 1 aliphatic heterocycles. The minimum Gasteiger partial charge on any atom is -0.313 e. The molecule has 1 heterocycles. The summed E-state index contributed by atoms with van der Waals surface area (Å²) >= 11 is 0. The second-order valence-electron chi connectivity index (χ2n) is 8.19. The molecule has 21 heavy (non-hydrogen) atoms. The van der Waals surface area contributed by atoms with Gasteiger partial charge in [-0.2, -0.15) is 0 Å². The van der Waals surface area contributed by atoms with Crippen LogP contribution in [-0.2, 0) is 0 Å². The van der Waals surface area contributed by atoms with Crippen molar-refractivity contribution in [2.45, 2.75) is 69.9 Å². The van der Waals surface area contributed by atoms with Gasteiger partial charge >= 0.3 is 0 Å². The Hall–Kier alpha value is -0.120. The summed E-state index contributed by atoms with van der Waals surface area (Å²) in [5.74, 6) is 0. The normalized spacial score (nSPS) is 30.7. The number of piperidine rings is 1. The molecule has 3 fully saturated rings. The van der Waals surface area contributed by atoms with Crippen molar-refractivity contribution in [1.29, 1.82) is 0 Å². The SMILES string of the molecule is CN1CCCC(N(C)CC2(CNC3CC3)CCCCC2)C1. The molecule has 122 valence electrons. The molecule has 0 bridgehead atoms. The van der Waals surface area contributed by atoms with Gasteiger partial charge in [-0.15, -0.1) is 0 Å².